The minimum absolute atomic E-state index is 0.810. The van der Waals surface area contributed by atoms with Gasteiger partial charge in [-0.2, -0.15) is 4.98 Å². The van der Waals surface area contributed by atoms with E-state index in [-0.39, 0.29) is 0 Å². The molecule has 5 nitrogen and oxygen atoms in total. The second-order valence-corrected chi connectivity index (χ2v) is 7.85. The molecule has 2 aromatic rings. The molecule has 146 valence electrons. The van der Waals surface area contributed by atoms with Crippen molar-refractivity contribution in [2.45, 2.75) is 52.0 Å². The first-order valence-electron chi connectivity index (χ1n) is 10.8. The second kappa shape index (κ2) is 8.42. The first kappa shape index (κ1) is 18.5. The number of fused-ring (bicyclic) bond motifs is 1. The molecular weight excluding hydrogens is 334 g/mol. The molecule has 1 aliphatic carbocycles. The summed E-state index contributed by atoms with van der Waals surface area (Å²) in [6.45, 7) is 10.7. The van der Waals surface area contributed by atoms with Gasteiger partial charge in [-0.05, 0) is 38.8 Å². The Morgan fingerprint density at radius 3 is 2.33 bits per heavy atom. The Morgan fingerprint density at radius 1 is 0.926 bits per heavy atom. The lowest BCUT2D eigenvalue weighted by molar-refractivity contribution is 0.147. The van der Waals surface area contributed by atoms with Gasteiger partial charge in [0.05, 0.1) is 5.52 Å². The van der Waals surface area contributed by atoms with Crippen LogP contribution < -0.4 is 9.80 Å². The van der Waals surface area contributed by atoms with Crippen LogP contribution in [0, 0.1) is 0 Å². The first-order valence-corrected chi connectivity index (χ1v) is 10.8. The highest BCUT2D eigenvalue weighted by molar-refractivity contribution is 5.90. The van der Waals surface area contributed by atoms with Crippen LogP contribution in [0.2, 0.25) is 0 Å². The van der Waals surface area contributed by atoms with Crippen LogP contribution in [-0.4, -0.2) is 60.2 Å². The van der Waals surface area contributed by atoms with Crippen molar-refractivity contribution in [3.05, 3.63) is 24.3 Å². The minimum atomic E-state index is 0.810. The highest BCUT2D eigenvalue weighted by Gasteiger charge is 2.26. The normalized spacial score (nSPS) is 19.6. The molecule has 4 rings (SSSR count). The lowest BCUT2D eigenvalue weighted by Crippen LogP contribution is -2.51. The average molecular weight is 368 g/mol. The van der Waals surface area contributed by atoms with Crippen LogP contribution in [0.3, 0.4) is 0 Å². The third kappa shape index (κ3) is 3.88. The van der Waals surface area contributed by atoms with E-state index in [1.807, 2.05) is 0 Å². The topological polar surface area (TPSA) is 35.5 Å². The van der Waals surface area contributed by atoms with Gasteiger partial charge >= 0.3 is 0 Å². The van der Waals surface area contributed by atoms with Gasteiger partial charge in [-0.15, -0.1) is 0 Å². The van der Waals surface area contributed by atoms with E-state index in [0.29, 0.717) is 0 Å². The van der Waals surface area contributed by atoms with Crippen molar-refractivity contribution >= 4 is 22.7 Å². The molecular formula is C22H33N5. The van der Waals surface area contributed by atoms with E-state index in [9.17, 15) is 0 Å². The van der Waals surface area contributed by atoms with E-state index in [0.717, 1.165) is 68.0 Å². The predicted octanol–water partition coefficient (Wildman–Crippen LogP) is 3.93. The zero-order valence-electron chi connectivity index (χ0n) is 16.9. The molecule has 0 N–H and O–H groups in total. The molecule has 1 saturated heterocycles. The van der Waals surface area contributed by atoms with Crippen molar-refractivity contribution in [1.82, 2.24) is 14.9 Å². The molecule has 1 saturated carbocycles. The van der Waals surface area contributed by atoms with Gasteiger partial charge in [0.1, 0.15) is 5.82 Å². The standard InChI is InChI=1S/C22H33N5/c1-3-25(4-2)21-19-12-8-9-13-20(19)23-22(24-21)27-16-14-26(15-17-27)18-10-6-5-7-11-18/h8-9,12-13,18H,3-7,10-11,14-17H2,1-2H3. The van der Waals surface area contributed by atoms with Crippen molar-refractivity contribution in [3.8, 4) is 0 Å². The highest BCUT2D eigenvalue weighted by atomic mass is 15.3. The molecule has 0 radical (unpaired) electrons. The number of piperazine rings is 1. The molecule has 1 aliphatic heterocycles. The van der Waals surface area contributed by atoms with Crippen molar-refractivity contribution in [2.24, 2.45) is 0 Å². The summed E-state index contributed by atoms with van der Waals surface area (Å²) >= 11 is 0. The smallest absolute Gasteiger partial charge is 0.227 e. The van der Waals surface area contributed by atoms with Gasteiger partial charge in [0.2, 0.25) is 5.95 Å². The number of hydrogen-bond donors (Lipinski definition) is 0. The maximum atomic E-state index is 5.03. The maximum absolute atomic E-state index is 5.03. The number of benzene rings is 1. The van der Waals surface area contributed by atoms with Crippen molar-refractivity contribution < 1.29 is 0 Å². The Bertz CT molecular complexity index is 743. The highest BCUT2D eigenvalue weighted by Crippen LogP contribution is 2.28. The van der Waals surface area contributed by atoms with Gasteiger partial charge in [0.25, 0.3) is 0 Å². The first-order chi connectivity index (χ1) is 13.3. The van der Waals surface area contributed by atoms with Gasteiger partial charge in [-0.3, -0.25) is 4.90 Å². The summed E-state index contributed by atoms with van der Waals surface area (Å²) in [5.41, 5.74) is 1.05. The SMILES string of the molecule is CCN(CC)c1nc(N2CCN(C3CCCCC3)CC2)nc2ccccc12. The molecule has 0 bridgehead atoms. The van der Waals surface area contributed by atoms with E-state index in [2.05, 4.69) is 52.8 Å². The molecule has 0 spiro atoms. The number of anilines is 2. The monoisotopic (exact) mass is 367 g/mol. The van der Waals surface area contributed by atoms with E-state index < -0.39 is 0 Å². The Hall–Kier alpha value is -1.88. The zero-order valence-corrected chi connectivity index (χ0v) is 16.9. The molecule has 0 atom stereocenters. The number of aromatic nitrogens is 2. The maximum Gasteiger partial charge on any atom is 0.227 e. The van der Waals surface area contributed by atoms with Crippen LogP contribution in [0.5, 0.6) is 0 Å². The van der Waals surface area contributed by atoms with E-state index in [4.69, 9.17) is 9.97 Å². The zero-order chi connectivity index (χ0) is 18.6. The van der Waals surface area contributed by atoms with Crippen LogP contribution in [0.4, 0.5) is 11.8 Å². The van der Waals surface area contributed by atoms with E-state index in [1.54, 1.807) is 0 Å². The van der Waals surface area contributed by atoms with Gasteiger partial charge in [0, 0.05) is 50.7 Å². The summed E-state index contributed by atoms with van der Waals surface area (Å²) in [6.07, 6.45) is 7.02. The summed E-state index contributed by atoms with van der Waals surface area (Å²) in [4.78, 5) is 17.4. The minimum Gasteiger partial charge on any atom is -0.356 e. The molecule has 27 heavy (non-hydrogen) atoms. The van der Waals surface area contributed by atoms with Gasteiger partial charge in [-0.25, -0.2) is 4.98 Å². The number of hydrogen-bond acceptors (Lipinski definition) is 5. The molecule has 0 unspecified atom stereocenters. The molecule has 1 aromatic heterocycles. The Morgan fingerprint density at radius 2 is 1.63 bits per heavy atom. The van der Waals surface area contributed by atoms with Gasteiger partial charge in [-0.1, -0.05) is 31.4 Å². The summed E-state index contributed by atoms with van der Waals surface area (Å²) in [6, 6.07) is 9.23. The lowest BCUT2D eigenvalue weighted by Gasteiger charge is -2.41. The molecule has 0 amide bonds. The largest absolute Gasteiger partial charge is 0.356 e. The molecule has 2 heterocycles. The van der Waals surface area contributed by atoms with Crippen LogP contribution in [0.15, 0.2) is 24.3 Å². The van der Waals surface area contributed by atoms with Crippen LogP contribution in [0.25, 0.3) is 10.9 Å². The summed E-state index contributed by atoms with van der Waals surface area (Å²) in [5.74, 6) is 1.98. The van der Waals surface area contributed by atoms with Crippen LogP contribution in [0.1, 0.15) is 46.0 Å². The third-order valence-electron chi connectivity index (χ3n) is 6.32. The number of rotatable bonds is 5. The summed E-state index contributed by atoms with van der Waals surface area (Å²) < 4.78 is 0. The Balaban J connectivity index is 1.55. The lowest BCUT2D eigenvalue weighted by atomic mass is 9.94. The van der Waals surface area contributed by atoms with Crippen LogP contribution >= 0.6 is 0 Å². The van der Waals surface area contributed by atoms with Crippen LogP contribution in [-0.2, 0) is 0 Å². The Kier molecular flexibility index (Phi) is 5.77. The second-order valence-electron chi connectivity index (χ2n) is 7.85. The van der Waals surface area contributed by atoms with Gasteiger partial charge in [0.15, 0.2) is 0 Å². The quantitative estimate of drug-likeness (QED) is 0.800. The molecule has 2 aliphatic rings. The molecule has 2 fully saturated rings. The number of para-hydroxylation sites is 1. The number of nitrogens with zero attached hydrogens (tertiary/aromatic N) is 5. The van der Waals surface area contributed by atoms with Crippen molar-refractivity contribution in [1.29, 1.82) is 0 Å². The van der Waals surface area contributed by atoms with Crippen molar-refractivity contribution in [2.75, 3.05) is 49.1 Å². The fraction of sp³-hybridized carbons (Fsp3) is 0.636. The molecule has 5 heteroatoms. The fourth-order valence-electron chi connectivity index (χ4n) is 4.69. The predicted molar refractivity (Wildman–Crippen MR) is 114 cm³/mol. The Labute approximate surface area is 163 Å². The summed E-state index contributed by atoms with van der Waals surface area (Å²) in [7, 11) is 0. The van der Waals surface area contributed by atoms with Crippen molar-refractivity contribution in [3.63, 3.8) is 0 Å². The average Bonchev–Trinajstić information content (AvgIpc) is 2.75. The van der Waals surface area contributed by atoms with Gasteiger partial charge < -0.3 is 9.80 Å². The summed E-state index contributed by atoms with van der Waals surface area (Å²) in [5, 5.41) is 1.16. The van der Waals surface area contributed by atoms with E-state index >= 15 is 0 Å². The molecule has 1 aromatic carbocycles. The van der Waals surface area contributed by atoms with E-state index in [1.165, 1.54) is 32.1 Å². The fourth-order valence-corrected chi connectivity index (χ4v) is 4.69. The third-order valence-corrected chi connectivity index (χ3v) is 6.32.